The average molecular weight is 447 g/mol. The molecule has 3 unspecified atom stereocenters. The Bertz CT molecular complexity index is 512. The number of hydrogen-bond donors (Lipinski definition) is 0. The summed E-state index contributed by atoms with van der Waals surface area (Å²) in [4.78, 5) is 12.4. The summed E-state index contributed by atoms with van der Waals surface area (Å²) in [5.74, 6) is 2.45. The summed E-state index contributed by atoms with van der Waals surface area (Å²) >= 11 is 1.80. The fourth-order valence-electron chi connectivity index (χ4n) is 5.18. The van der Waals surface area contributed by atoms with Crippen LogP contribution in [0.3, 0.4) is 0 Å². The van der Waals surface area contributed by atoms with Gasteiger partial charge in [-0.15, -0.1) is 0 Å². The second-order valence-corrected chi connectivity index (χ2v) is 13.0. The fraction of sp³-hybridized carbons (Fsp3) is 0.955. The van der Waals surface area contributed by atoms with Gasteiger partial charge in [-0.3, -0.25) is 4.79 Å². The molecule has 170 valence electrons. The lowest BCUT2D eigenvalue weighted by atomic mass is 9.70. The maximum Gasteiger partial charge on any atom is 0.500 e. The van der Waals surface area contributed by atoms with Crippen molar-refractivity contribution in [2.75, 3.05) is 31.3 Å². The summed E-state index contributed by atoms with van der Waals surface area (Å²) in [5, 5.41) is 0. The average Bonchev–Trinajstić information content (AvgIpc) is 2.99. The van der Waals surface area contributed by atoms with Crippen LogP contribution in [0.1, 0.15) is 73.6 Å². The van der Waals surface area contributed by atoms with E-state index in [0.717, 1.165) is 30.4 Å². The lowest BCUT2D eigenvalue weighted by Crippen LogP contribution is -2.46. The highest BCUT2D eigenvalue weighted by Gasteiger charge is 2.62. The van der Waals surface area contributed by atoms with Gasteiger partial charge in [-0.05, 0) is 63.5 Å². The molecule has 2 rings (SSSR count). The number of esters is 1. The molecule has 0 N–H and O–H groups in total. The first-order valence-corrected chi connectivity index (χ1v) is 14.5. The number of thioether (sulfide) groups is 1. The van der Waals surface area contributed by atoms with Crippen molar-refractivity contribution in [2.45, 2.75) is 85.8 Å². The number of rotatable bonds is 14. The van der Waals surface area contributed by atoms with Crippen molar-refractivity contribution in [3.8, 4) is 0 Å². The molecule has 5 nitrogen and oxygen atoms in total. The molecule has 2 fully saturated rings. The zero-order valence-corrected chi connectivity index (χ0v) is 21.2. The molecule has 7 heteroatoms. The molecule has 0 radical (unpaired) electrons. The quantitative estimate of drug-likeness (QED) is 0.205. The number of hydrogen-bond acceptors (Lipinski definition) is 6. The predicted molar refractivity (Wildman–Crippen MR) is 121 cm³/mol. The van der Waals surface area contributed by atoms with E-state index in [1.807, 2.05) is 20.8 Å². The van der Waals surface area contributed by atoms with Crippen molar-refractivity contribution in [1.29, 1.82) is 0 Å². The standard InChI is InChI=1S/C22H42O5SSi/c1-7-24-29(25-8-2,26-9-3)16-10-14-28-15-12-20(23)27-19-17-18-11-13-22(19,6)21(18,4)5/h18-19H,7-17H2,1-6H3. The summed E-state index contributed by atoms with van der Waals surface area (Å²) in [6, 6.07) is 0.830. The van der Waals surface area contributed by atoms with Gasteiger partial charge in [-0.25, -0.2) is 0 Å². The van der Waals surface area contributed by atoms with Crippen molar-refractivity contribution in [2.24, 2.45) is 16.7 Å². The van der Waals surface area contributed by atoms with E-state index < -0.39 is 8.80 Å². The SMILES string of the molecule is CCO[Si](CCCSCCC(=O)OC1CC2CCC1(C)C2(C)C)(OCC)OCC. The molecular weight excluding hydrogens is 404 g/mol. The van der Waals surface area contributed by atoms with Crippen molar-refractivity contribution in [3.63, 3.8) is 0 Å². The highest BCUT2D eigenvalue weighted by Crippen LogP contribution is 2.66. The van der Waals surface area contributed by atoms with Gasteiger partial charge in [-0.1, -0.05) is 20.8 Å². The van der Waals surface area contributed by atoms with Gasteiger partial charge in [0.15, 0.2) is 0 Å². The second kappa shape index (κ2) is 11.0. The monoisotopic (exact) mass is 446 g/mol. The van der Waals surface area contributed by atoms with E-state index in [-0.39, 0.29) is 22.9 Å². The molecule has 2 aliphatic rings. The maximum absolute atomic E-state index is 12.4. The van der Waals surface area contributed by atoms with Crippen LogP contribution >= 0.6 is 11.8 Å². The Morgan fingerprint density at radius 1 is 1.03 bits per heavy atom. The summed E-state index contributed by atoms with van der Waals surface area (Å²) in [7, 11) is -2.54. The van der Waals surface area contributed by atoms with E-state index in [9.17, 15) is 4.79 Å². The van der Waals surface area contributed by atoms with Crippen LogP contribution in [0, 0.1) is 16.7 Å². The zero-order chi connectivity index (χ0) is 21.5. The minimum atomic E-state index is -2.54. The topological polar surface area (TPSA) is 54.0 Å². The molecule has 2 saturated carbocycles. The van der Waals surface area contributed by atoms with Gasteiger partial charge >= 0.3 is 14.8 Å². The van der Waals surface area contributed by atoms with Crippen LogP contribution in [0.2, 0.25) is 6.04 Å². The van der Waals surface area contributed by atoms with E-state index in [0.29, 0.717) is 32.2 Å². The fourth-order valence-corrected chi connectivity index (χ4v) is 8.91. The van der Waals surface area contributed by atoms with E-state index >= 15 is 0 Å². The van der Waals surface area contributed by atoms with Gasteiger partial charge in [0.05, 0.1) is 6.42 Å². The molecular formula is C22H42O5SSi. The number of ether oxygens (including phenoxy) is 1. The number of carbonyl (C=O) groups is 1. The van der Waals surface area contributed by atoms with Crippen molar-refractivity contribution in [3.05, 3.63) is 0 Å². The molecule has 2 bridgehead atoms. The van der Waals surface area contributed by atoms with Gasteiger partial charge in [0.1, 0.15) is 6.10 Å². The minimum Gasteiger partial charge on any atom is -0.462 e. The Labute approximate surface area is 183 Å². The predicted octanol–water partition coefficient (Wildman–Crippen LogP) is 5.31. The van der Waals surface area contributed by atoms with E-state index in [4.69, 9.17) is 18.0 Å². The Hall–Kier alpha value is -0.0831. The first-order chi connectivity index (χ1) is 13.7. The Balaban J connectivity index is 1.66. The smallest absolute Gasteiger partial charge is 0.462 e. The largest absolute Gasteiger partial charge is 0.500 e. The summed E-state index contributed by atoms with van der Waals surface area (Å²) in [5.41, 5.74) is 0.428. The van der Waals surface area contributed by atoms with Crippen LogP contribution in [0.4, 0.5) is 0 Å². The molecule has 0 aromatic carbocycles. The summed E-state index contributed by atoms with van der Waals surface area (Å²) in [6.45, 7) is 14.8. The van der Waals surface area contributed by atoms with Crippen LogP contribution in [0.5, 0.6) is 0 Å². The van der Waals surface area contributed by atoms with Crippen molar-refractivity contribution < 1.29 is 22.8 Å². The van der Waals surface area contributed by atoms with Crippen molar-refractivity contribution in [1.82, 2.24) is 0 Å². The van der Waals surface area contributed by atoms with E-state index in [1.165, 1.54) is 12.8 Å². The highest BCUT2D eigenvalue weighted by molar-refractivity contribution is 7.99. The first-order valence-electron chi connectivity index (χ1n) is 11.4. The second-order valence-electron chi connectivity index (χ2n) is 9.04. The molecule has 0 amide bonds. The Morgan fingerprint density at radius 3 is 2.14 bits per heavy atom. The molecule has 2 aliphatic carbocycles. The third-order valence-corrected chi connectivity index (χ3v) is 11.5. The van der Waals surface area contributed by atoms with Gasteiger partial charge in [0, 0.05) is 37.0 Å². The van der Waals surface area contributed by atoms with Crippen LogP contribution in [-0.4, -0.2) is 52.2 Å². The highest BCUT2D eigenvalue weighted by atomic mass is 32.2. The normalized spacial score (nSPS) is 28.1. The molecule has 0 heterocycles. The first kappa shape index (κ1) is 25.2. The molecule has 29 heavy (non-hydrogen) atoms. The van der Waals surface area contributed by atoms with Crippen molar-refractivity contribution >= 4 is 26.5 Å². The lowest BCUT2D eigenvalue weighted by molar-refractivity contribution is -0.156. The molecule has 0 aromatic heterocycles. The van der Waals surface area contributed by atoms with Gasteiger partial charge < -0.3 is 18.0 Å². The molecule has 0 saturated heterocycles. The van der Waals surface area contributed by atoms with Crippen LogP contribution in [0.25, 0.3) is 0 Å². The van der Waals surface area contributed by atoms with Crippen LogP contribution < -0.4 is 0 Å². The lowest BCUT2D eigenvalue weighted by Gasteiger charge is -2.38. The molecule has 3 atom stereocenters. The Morgan fingerprint density at radius 2 is 1.66 bits per heavy atom. The minimum absolute atomic E-state index is 0.0336. The third kappa shape index (κ3) is 5.79. The number of carbonyl (C=O) groups excluding carboxylic acids is 1. The van der Waals surface area contributed by atoms with Gasteiger partial charge in [-0.2, -0.15) is 11.8 Å². The van der Waals surface area contributed by atoms with Crippen LogP contribution in [-0.2, 0) is 22.8 Å². The molecule has 0 aromatic rings. The van der Waals surface area contributed by atoms with Gasteiger partial charge in [0.25, 0.3) is 0 Å². The number of fused-ring (bicyclic) bond motifs is 2. The zero-order valence-electron chi connectivity index (χ0n) is 19.4. The summed E-state index contributed by atoms with van der Waals surface area (Å²) in [6.07, 6.45) is 5.08. The molecule has 0 aliphatic heterocycles. The van der Waals surface area contributed by atoms with E-state index in [2.05, 4.69) is 20.8 Å². The Kier molecular flexibility index (Phi) is 9.53. The van der Waals surface area contributed by atoms with E-state index in [1.54, 1.807) is 11.8 Å². The van der Waals surface area contributed by atoms with Crippen LogP contribution in [0.15, 0.2) is 0 Å². The van der Waals surface area contributed by atoms with Gasteiger partial charge in [0.2, 0.25) is 0 Å². The summed E-state index contributed by atoms with van der Waals surface area (Å²) < 4.78 is 23.6. The third-order valence-electron chi connectivity index (χ3n) is 7.30. The molecule has 0 spiro atoms. The maximum atomic E-state index is 12.4.